The summed E-state index contributed by atoms with van der Waals surface area (Å²) in [5.74, 6) is 3.09. The second kappa shape index (κ2) is 11.7. The van der Waals surface area contributed by atoms with Crippen molar-refractivity contribution in [3.8, 4) is 23.8 Å². The molecule has 2 rings (SSSR count). The number of hydrogen-bond acceptors (Lipinski definition) is 5. The van der Waals surface area contributed by atoms with E-state index < -0.39 is 12.0 Å². The summed E-state index contributed by atoms with van der Waals surface area (Å²) in [7, 11) is 1.55. The second-order valence-electron chi connectivity index (χ2n) is 6.04. The Morgan fingerprint density at radius 3 is 2.68 bits per heavy atom. The molecule has 0 aliphatic rings. The first-order valence-corrected chi connectivity index (χ1v) is 8.94. The van der Waals surface area contributed by atoms with Crippen molar-refractivity contribution in [1.29, 1.82) is 0 Å². The Hall–Kier alpha value is -3.01. The van der Waals surface area contributed by atoms with Crippen LogP contribution in [0.4, 0.5) is 0 Å². The van der Waals surface area contributed by atoms with Gasteiger partial charge in [0.2, 0.25) is 0 Å². The van der Waals surface area contributed by atoms with Crippen molar-refractivity contribution in [3.05, 3.63) is 59.7 Å². The van der Waals surface area contributed by atoms with E-state index in [0.29, 0.717) is 31.1 Å². The highest BCUT2D eigenvalue weighted by Crippen LogP contribution is 2.28. The van der Waals surface area contributed by atoms with Gasteiger partial charge in [-0.25, -0.2) is 0 Å². The van der Waals surface area contributed by atoms with E-state index in [1.807, 2.05) is 42.5 Å². The third-order valence-electron chi connectivity index (χ3n) is 3.94. The van der Waals surface area contributed by atoms with Crippen molar-refractivity contribution in [3.63, 3.8) is 0 Å². The maximum atomic E-state index is 12.0. The predicted octanol–water partition coefficient (Wildman–Crippen LogP) is 1.94. The fourth-order valence-corrected chi connectivity index (χ4v) is 2.49. The molecule has 0 bridgehead atoms. The Morgan fingerprint density at radius 1 is 1.18 bits per heavy atom. The average molecular weight is 383 g/mol. The zero-order chi connectivity index (χ0) is 20.2. The number of terminal acetylenes is 1. The fraction of sp³-hybridized carbons (Fsp3) is 0.318. The molecule has 0 saturated carbocycles. The Bertz CT molecular complexity index is 785. The lowest BCUT2D eigenvalue weighted by molar-refractivity contribution is -0.132. The topological polar surface area (TPSA) is 77.0 Å². The molecule has 2 N–H and O–H groups in total. The zero-order valence-corrected chi connectivity index (χ0v) is 15.9. The summed E-state index contributed by atoms with van der Waals surface area (Å²) in [6, 6.07) is 15.1. The van der Waals surface area contributed by atoms with Gasteiger partial charge in [0.25, 0.3) is 5.91 Å². The minimum absolute atomic E-state index is 0.0598. The number of aliphatic hydroxyl groups is 1. The number of amides is 1. The standard InChI is InChI=1S/C22H25NO5/c1-3-13-28-20-10-9-17(14-21(20)26-2)11-12-23-22(25)19(24)16-27-15-18-7-5-4-6-8-18/h1,4-10,14,19,24H,11-13,15-16H2,2H3,(H,23,25). The van der Waals surface area contributed by atoms with Crippen molar-refractivity contribution in [2.75, 3.05) is 26.9 Å². The van der Waals surface area contributed by atoms with E-state index in [9.17, 15) is 9.90 Å². The highest BCUT2D eigenvalue weighted by atomic mass is 16.5. The number of rotatable bonds is 11. The van der Waals surface area contributed by atoms with Gasteiger partial charge in [0, 0.05) is 6.54 Å². The predicted molar refractivity (Wildman–Crippen MR) is 106 cm³/mol. The van der Waals surface area contributed by atoms with E-state index in [1.165, 1.54) is 0 Å². The van der Waals surface area contributed by atoms with Crippen molar-refractivity contribution >= 4 is 5.91 Å². The molecule has 6 nitrogen and oxygen atoms in total. The number of carbonyl (C=O) groups excluding carboxylic acids is 1. The molecule has 0 radical (unpaired) electrons. The summed E-state index contributed by atoms with van der Waals surface area (Å²) < 4.78 is 16.1. The summed E-state index contributed by atoms with van der Waals surface area (Å²) >= 11 is 0. The molecule has 0 heterocycles. The van der Waals surface area contributed by atoms with E-state index in [-0.39, 0.29) is 13.2 Å². The molecule has 2 aromatic rings. The van der Waals surface area contributed by atoms with Gasteiger partial charge >= 0.3 is 0 Å². The Kier molecular flexibility index (Phi) is 8.86. The highest BCUT2D eigenvalue weighted by Gasteiger charge is 2.14. The van der Waals surface area contributed by atoms with Crippen molar-refractivity contribution in [1.82, 2.24) is 5.32 Å². The first kappa shape index (κ1) is 21.3. The van der Waals surface area contributed by atoms with Crippen molar-refractivity contribution in [2.24, 2.45) is 0 Å². The maximum Gasteiger partial charge on any atom is 0.251 e. The molecular weight excluding hydrogens is 358 g/mol. The lowest BCUT2D eigenvalue weighted by Gasteiger charge is -2.13. The van der Waals surface area contributed by atoms with Crippen LogP contribution in [0.1, 0.15) is 11.1 Å². The largest absolute Gasteiger partial charge is 0.493 e. The van der Waals surface area contributed by atoms with Gasteiger partial charge in [-0.15, -0.1) is 6.42 Å². The zero-order valence-electron chi connectivity index (χ0n) is 15.9. The maximum absolute atomic E-state index is 12.0. The number of aliphatic hydroxyl groups excluding tert-OH is 1. The number of hydrogen-bond donors (Lipinski definition) is 2. The monoisotopic (exact) mass is 383 g/mol. The van der Waals surface area contributed by atoms with Crippen LogP contribution in [0.3, 0.4) is 0 Å². The van der Waals surface area contributed by atoms with E-state index >= 15 is 0 Å². The minimum Gasteiger partial charge on any atom is -0.493 e. The van der Waals surface area contributed by atoms with Crippen molar-refractivity contribution < 1.29 is 24.1 Å². The van der Waals surface area contributed by atoms with Crippen LogP contribution >= 0.6 is 0 Å². The third kappa shape index (κ3) is 6.95. The quantitative estimate of drug-likeness (QED) is 0.580. The lowest BCUT2D eigenvalue weighted by atomic mass is 10.1. The summed E-state index contributed by atoms with van der Waals surface area (Å²) in [5, 5.41) is 12.6. The fourth-order valence-electron chi connectivity index (χ4n) is 2.49. The first-order valence-electron chi connectivity index (χ1n) is 8.94. The molecule has 1 atom stereocenters. The highest BCUT2D eigenvalue weighted by molar-refractivity contribution is 5.80. The van der Waals surface area contributed by atoms with Crippen LogP contribution in [0.2, 0.25) is 0 Å². The van der Waals surface area contributed by atoms with Gasteiger partial charge in [-0.05, 0) is 29.7 Å². The lowest BCUT2D eigenvalue weighted by Crippen LogP contribution is -2.38. The van der Waals surface area contributed by atoms with Crippen LogP contribution in [0, 0.1) is 12.3 Å². The van der Waals surface area contributed by atoms with E-state index in [2.05, 4.69) is 11.2 Å². The number of methoxy groups -OCH3 is 1. The molecule has 0 aromatic heterocycles. The summed E-state index contributed by atoms with van der Waals surface area (Å²) in [6.45, 7) is 0.827. The number of carbonyl (C=O) groups is 1. The van der Waals surface area contributed by atoms with Gasteiger partial charge < -0.3 is 24.6 Å². The van der Waals surface area contributed by atoms with Crippen LogP contribution < -0.4 is 14.8 Å². The van der Waals surface area contributed by atoms with E-state index in [0.717, 1.165) is 11.1 Å². The van der Waals surface area contributed by atoms with Crippen LogP contribution in [0.5, 0.6) is 11.5 Å². The van der Waals surface area contributed by atoms with Crippen LogP contribution in [0.15, 0.2) is 48.5 Å². The van der Waals surface area contributed by atoms with E-state index in [4.69, 9.17) is 20.6 Å². The smallest absolute Gasteiger partial charge is 0.251 e. The molecule has 28 heavy (non-hydrogen) atoms. The van der Waals surface area contributed by atoms with Gasteiger partial charge in [0.05, 0.1) is 20.3 Å². The van der Waals surface area contributed by atoms with Gasteiger partial charge in [0.1, 0.15) is 6.61 Å². The number of nitrogens with one attached hydrogen (secondary N) is 1. The van der Waals surface area contributed by atoms with E-state index in [1.54, 1.807) is 13.2 Å². The summed E-state index contributed by atoms with van der Waals surface area (Å²) in [6.07, 6.45) is 4.56. The molecule has 1 amide bonds. The van der Waals surface area contributed by atoms with Gasteiger partial charge in [-0.2, -0.15) is 0 Å². The van der Waals surface area contributed by atoms with Gasteiger partial charge in [0.15, 0.2) is 17.6 Å². The molecule has 148 valence electrons. The normalized spacial score (nSPS) is 11.3. The van der Waals surface area contributed by atoms with Gasteiger partial charge in [-0.1, -0.05) is 42.3 Å². The molecule has 0 aliphatic carbocycles. The SMILES string of the molecule is C#CCOc1ccc(CCNC(=O)C(O)COCc2ccccc2)cc1OC. The summed E-state index contributed by atoms with van der Waals surface area (Å²) in [4.78, 5) is 12.0. The average Bonchev–Trinajstić information content (AvgIpc) is 2.73. The third-order valence-corrected chi connectivity index (χ3v) is 3.94. The molecule has 0 aliphatic heterocycles. The molecule has 0 fully saturated rings. The number of ether oxygens (including phenoxy) is 3. The second-order valence-corrected chi connectivity index (χ2v) is 6.04. The Balaban J connectivity index is 1.72. The molecule has 0 spiro atoms. The van der Waals surface area contributed by atoms with Crippen molar-refractivity contribution in [2.45, 2.75) is 19.1 Å². The molecular formula is C22H25NO5. The Morgan fingerprint density at radius 2 is 1.96 bits per heavy atom. The number of benzene rings is 2. The molecule has 2 aromatic carbocycles. The Labute approximate surface area is 165 Å². The van der Waals surface area contributed by atoms with Crippen LogP contribution in [-0.4, -0.2) is 44.0 Å². The van der Waals surface area contributed by atoms with Crippen LogP contribution in [-0.2, 0) is 22.6 Å². The first-order chi connectivity index (χ1) is 13.6. The van der Waals surface area contributed by atoms with Gasteiger partial charge in [-0.3, -0.25) is 4.79 Å². The summed E-state index contributed by atoms with van der Waals surface area (Å²) in [5.41, 5.74) is 1.94. The molecule has 6 heteroatoms. The van der Waals surface area contributed by atoms with Crippen LogP contribution in [0.25, 0.3) is 0 Å². The molecule has 0 saturated heterocycles. The molecule has 1 unspecified atom stereocenters. The minimum atomic E-state index is -1.21.